The molecular formula is C16H18N2O4S. The lowest BCUT2D eigenvalue weighted by Crippen LogP contribution is -2.34. The molecule has 23 heavy (non-hydrogen) atoms. The molecule has 1 aliphatic rings. The van der Waals surface area contributed by atoms with Crippen LogP contribution in [0.4, 0.5) is 0 Å². The van der Waals surface area contributed by atoms with Gasteiger partial charge in [0, 0.05) is 18.2 Å². The summed E-state index contributed by atoms with van der Waals surface area (Å²) in [6.07, 6.45) is 4.14. The highest BCUT2D eigenvalue weighted by Crippen LogP contribution is 2.21. The first-order valence-corrected chi connectivity index (χ1v) is 9.05. The Morgan fingerprint density at radius 1 is 1.26 bits per heavy atom. The Morgan fingerprint density at radius 2 is 2.09 bits per heavy atom. The highest BCUT2D eigenvalue weighted by atomic mass is 32.2. The second-order valence-corrected chi connectivity index (χ2v) is 7.20. The van der Waals surface area contributed by atoms with Gasteiger partial charge in [-0.25, -0.2) is 13.1 Å². The molecule has 1 saturated heterocycles. The van der Waals surface area contributed by atoms with Crippen LogP contribution in [-0.2, 0) is 19.6 Å². The van der Waals surface area contributed by atoms with Crippen molar-refractivity contribution in [3.05, 3.63) is 36.5 Å². The van der Waals surface area contributed by atoms with Gasteiger partial charge in [-0.1, -0.05) is 18.2 Å². The van der Waals surface area contributed by atoms with E-state index in [1.807, 2.05) is 0 Å². The van der Waals surface area contributed by atoms with E-state index in [4.69, 9.17) is 4.74 Å². The van der Waals surface area contributed by atoms with Crippen molar-refractivity contribution < 1.29 is 17.9 Å². The molecule has 0 saturated carbocycles. The molecule has 0 aliphatic carbocycles. The van der Waals surface area contributed by atoms with Crippen LogP contribution in [0.25, 0.3) is 10.9 Å². The largest absolute Gasteiger partial charge is 0.378 e. The van der Waals surface area contributed by atoms with Gasteiger partial charge in [-0.2, -0.15) is 0 Å². The Bertz CT molecular complexity index is 808. The molecule has 2 aromatic rings. The van der Waals surface area contributed by atoms with Gasteiger partial charge in [0.05, 0.1) is 18.0 Å². The zero-order valence-corrected chi connectivity index (χ0v) is 13.4. The number of fused-ring (bicyclic) bond motifs is 1. The molecule has 1 atom stereocenters. The van der Waals surface area contributed by atoms with Crippen molar-refractivity contribution in [2.45, 2.75) is 36.7 Å². The molecule has 3 rings (SSSR count). The summed E-state index contributed by atoms with van der Waals surface area (Å²) >= 11 is 0. The maximum Gasteiger partial charge on any atom is 0.266 e. The van der Waals surface area contributed by atoms with E-state index in [0.717, 1.165) is 19.3 Å². The van der Waals surface area contributed by atoms with Crippen LogP contribution < -0.4 is 4.72 Å². The van der Waals surface area contributed by atoms with E-state index in [9.17, 15) is 13.2 Å². The lowest BCUT2D eigenvalue weighted by Gasteiger charge is -2.21. The van der Waals surface area contributed by atoms with Gasteiger partial charge in [-0.3, -0.25) is 9.78 Å². The molecule has 1 amide bonds. The number of rotatable bonds is 4. The van der Waals surface area contributed by atoms with Crippen molar-refractivity contribution in [3.8, 4) is 0 Å². The van der Waals surface area contributed by atoms with Gasteiger partial charge < -0.3 is 4.74 Å². The average Bonchev–Trinajstić information content (AvgIpc) is 2.54. The van der Waals surface area contributed by atoms with Crippen molar-refractivity contribution in [1.29, 1.82) is 0 Å². The van der Waals surface area contributed by atoms with Gasteiger partial charge in [-0.05, 0) is 31.4 Å². The van der Waals surface area contributed by atoms with Crippen LogP contribution in [0.5, 0.6) is 0 Å². The number of benzene rings is 1. The molecule has 122 valence electrons. The fourth-order valence-corrected chi connectivity index (χ4v) is 3.89. The van der Waals surface area contributed by atoms with Crippen LogP contribution in [-0.4, -0.2) is 32.0 Å². The predicted octanol–water partition coefficient (Wildman–Crippen LogP) is 2.00. The summed E-state index contributed by atoms with van der Waals surface area (Å²) < 4.78 is 32.6. The SMILES string of the molecule is O=C(C[C@H]1CCCCO1)NS(=O)(=O)c1cccc2cccnc12. The number of pyridine rings is 1. The molecule has 0 unspecified atom stereocenters. The fraction of sp³-hybridized carbons (Fsp3) is 0.375. The Kier molecular flexibility index (Phi) is 4.58. The monoisotopic (exact) mass is 334 g/mol. The van der Waals surface area contributed by atoms with Crippen LogP contribution in [0.15, 0.2) is 41.4 Å². The Hall–Kier alpha value is -1.99. The first kappa shape index (κ1) is 15.9. The minimum absolute atomic E-state index is 0.00788. The van der Waals surface area contributed by atoms with Crippen molar-refractivity contribution in [2.75, 3.05) is 6.61 Å². The molecule has 0 bridgehead atoms. The number of ether oxygens (including phenoxy) is 1. The van der Waals surface area contributed by atoms with Gasteiger partial charge in [0.15, 0.2) is 0 Å². The summed E-state index contributed by atoms with van der Waals surface area (Å²) in [5.41, 5.74) is 0.351. The van der Waals surface area contributed by atoms with E-state index in [1.165, 1.54) is 12.3 Å². The first-order valence-electron chi connectivity index (χ1n) is 7.57. The zero-order chi connectivity index (χ0) is 16.3. The quantitative estimate of drug-likeness (QED) is 0.924. The van der Waals surface area contributed by atoms with E-state index in [0.29, 0.717) is 17.5 Å². The summed E-state index contributed by atoms with van der Waals surface area (Å²) in [6, 6.07) is 8.37. The number of hydrogen-bond acceptors (Lipinski definition) is 5. The van der Waals surface area contributed by atoms with Gasteiger partial charge in [0.2, 0.25) is 5.91 Å². The number of para-hydroxylation sites is 1. The third-order valence-electron chi connectivity index (χ3n) is 3.82. The van der Waals surface area contributed by atoms with E-state index in [2.05, 4.69) is 9.71 Å². The van der Waals surface area contributed by atoms with Crippen molar-refractivity contribution >= 4 is 26.8 Å². The molecule has 1 fully saturated rings. The minimum Gasteiger partial charge on any atom is -0.378 e. The van der Waals surface area contributed by atoms with E-state index >= 15 is 0 Å². The number of carbonyl (C=O) groups excluding carboxylic acids is 1. The molecule has 1 aliphatic heterocycles. The summed E-state index contributed by atoms with van der Waals surface area (Å²) in [6.45, 7) is 0.623. The van der Waals surface area contributed by atoms with Gasteiger partial charge in [0.25, 0.3) is 10.0 Å². The lowest BCUT2D eigenvalue weighted by atomic mass is 10.1. The van der Waals surface area contributed by atoms with Gasteiger partial charge in [-0.15, -0.1) is 0 Å². The minimum atomic E-state index is -3.95. The third kappa shape index (κ3) is 3.68. The maximum atomic E-state index is 12.5. The van der Waals surface area contributed by atoms with Crippen molar-refractivity contribution in [2.24, 2.45) is 0 Å². The van der Waals surface area contributed by atoms with Crippen LogP contribution in [0.3, 0.4) is 0 Å². The van der Waals surface area contributed by atoms with E-state index in [1.54, 1.807) is 24.3 Å². The number of amides is 1. The third-order valence-corrected chi connectivity index (χ3v) is 5.23. The van der Waals surface area contributed by atoms with Crippen LogP contribution in [0.1, 0.15) is 25.7 Å². The Balaban J connectivity index is 1.79. The number of hydrogen-bond donors (Lipinski definition) is 1. The Morgan fingerprint density at radius 3 is 2.87 bits per heavy atom. The standard InChI is InChI=1S/C16H18N2O4S/c19-15(11-13-7-1-2-10-22-13)18-23(20,21)14-8-3-5-12-6-4-9-17-16(12)14/h3-6,8-9,13H,1-2,7,10-11H2,(H,18,19)/t13-/m1/s1. The molecule has 6 nitrogen and oxygen atoms in total. The molecule has 0 radical (unpaired) electrons. The second kappa shape index (κ2) is 6.64. The predicted molar refractivity (Wildman–Crippen MR) is 85.3 cm³/mol. The van der Waals surface area contributed by atoms with Gasteiger partial charge in [0.1, 0.15) is 4.90 Å². The number of sulfonamides is 1. The van der Waals surface area contributed by atoms with E-state index in [-0.39, 0.29) is 17.4 Å². The maximum absolute atomic E-state index is 12.5. The first-order chi connectivity index (χ1) is 11.1. The van der Waals surface area contributed by atoms with Crippen LogP contribution in [0, 0.1) is 0 Å². The van der Waals surface area contributed by atoms with Crippen molar-refractivity contribution in [1.82, 2.24) is 9.71 Å². The summed E-state index contributed by atoms with van der Waals surface area (Å²) in [7, 11) is -3.95. The number of aromatic nitrogens is 1. The number of nitrogens with one attached hydrogen (secondary N) is 1. The average molecular weight is 334 g/mol. The summed E-state index contributed by atoms with van der Waals surface area (Å²) in [4.78, 5) is 16.2. The molecule has 2 heterocycles. The molecule has 7 heteroatoms. The molecule has 1 N–H and O–H groups in total. The Labute approximate surface area is 134 Å². The summed E-state index contributed by atoms with van der Waals surface area (Å²) in [5, 5.41) is 0.707. The lowest BCUT2D eigenvalue weighted by molar-refractivity contribution is -0.123. The number of carbonyl (C=O) groups is 1. The molecular weight excluding hydrogens is 316 g/mol. The fourth-order valence-electron chi connectivity index (χ4n) is 2.71. The van der Waals surface area contributed by atoms with E-state index < -0.39 is 15.9 Å². The molecule has 0 spiro atoms. The van der Waals surface area contributed by atoms with Crippen LogP contribution >= 0.6 is 0 Å². The normalized spacial score (nSPS) is 18.7. The molecule has 1 aromatic carbocycles. The van der Waals surface area contributed by atoms with Gasteiger partial charge >= 0.3 is 0 Å². The highest BCUT2D eigenvalue weighted by Gasteiger charge is 2.24. The van der Waals surface area contributed by atoms with Crippen molar-refractivity contribution in [3.63, 3.8) is 0 Å². The second-order valence-electron chi connectivity index (χ2n) is 5.55. The number of nitrogens with zero attached hydrogens (tertiary/aromatic N) is 1. The molecule has 1 aromatic heterocycles. The smallest absolute Gasteiger partial charge is 0.266 e. The highest BCUT2D eigenvalue weighted by molar-refractivity contribution is 7.90. The van der Waals surface area contributed by atoms with Crippen LogP contribution in [0.2, 0.25) is 0 Å². The summed E-state index contributed by atoms with van der Waals surface area (Å²) in [5.74, 6) is -0.551. The topological polar surface area (TPSA) is 85.4 Å². The zero-order valence-electron chi connectivity index (χ0n) is 12.6.